The number of ether oxygens (including phenoxy) is 1. The molecule has 0 spiro atoms. The Bertz CT molecular complexity index is 990. The average Bonchev–Trinajstić information content (AvgIpc) is 2.93. The number of carbonyl (C=O) groups excluding carboxylic acids is 2. The van der Waals surface area contributed by atoms with Crippen molar-refractivity contribution in [2.75, 3.05) is 6.61 Å². The Morgan fingerprint density at radius 2 is 1.93 bits per heavy atom. The smallest absolute Gasteiger partial charge is 0.293 e. The van der Waals surface area contributed by atoms with Crippen LogP contribution in [-0.4, -0.2) is 27.8 Å². The SMILES string of the molecule is CCOc1cc(/C=C2\SC(=O)N(Cc3ccccc3C)C2=O)c(Br)c(Br)c1O. The van der Waals surface area contributed by atoms with E-state index in [1.54, 1.807) is 12.1 Å². The van der Waals surface area contributed by atoms with E-state index in [4.69, 9.17) is 4.74 Å². The highest BCUT2D eigenvalue weighted by atomic mass is 79.9. The van der Waals surface area contributed by atoms with Crippen LogP contribution < -0.4 is 4.74 Å². The fourth-order valence-corrected chi connectivity index (χ4v) is 4.39. The Morgan fingerprint density at radius 1 is 1.21 bits per heavy atom. The number of thioether (sulfide) groups is 1. The summed E-state index contributed by atoms with van der Waals surface area (Å²) in [6, 6.07) is 9.29. The number of halogens is 2. The van der Waals surface area contributed by atoms with Crippen molar-refractivity contribution in [2.45, 2.75) is 20.4 Å². The van der Waals surface area contributed by atoms with Gasteiger partial charge in [0, 0.05) is 4.47 Å². The molecule has 0 aliphatic carbocycles. The van der Waals surface area contributed by atoms with Gasteiger partial charge in [-0.15, -0.1) is 0 Å². The molecule has 2 amide bonds. The Balaban J connectivity index is 1.93. The molecule has 0 bridgehead atoms. The molecule has 8 heteroatoms. The monoisotopic (exact) mass is 525 g/mol. The van der Waals surface area contributed by atoms with Gasteiger partial charge in [0.15, 0.2) is 11.5 Å². The maximum atomic E-state index is 12.8. The molecule has 0 atom stereocenters. The van der Waals surface area contributed by atoms with Gasteiger partial charge in [-0.25, -0.2) is 0 Å². The first-order valence-electron chi connectivity index (χ1n) is 8.47. The highest BCUT2D eigenvalue weighted by Gasteiger charge is 2.35. The standard InChI is InChI=1S/C20H17Br2NO4S/c1-3-27-14-8-13(16(21)17(22)18(14)24)9-15-19(25)23(20(26)28-15)10-12-7-5-4-6-11(12)2/h4-9,24H,3,10H2,1-2H3/b15-9-. The summed E-state index contributed by atoms with van der Waals surface area (Å²) in [6.07, 6.45) is 1.62. The lowest BCUT2D eigenvalue weighted by atomic mass is 10.1. The quantitative estimate of drug-likeness (QED) is 0.494. The normalized spacial score (nSPS) is 15.6. The molecule has 146 valence electrons. The molecule has 2 aromatic carbocycles. The number of hydrogen-bond acceptors (Lipinski definition) is 5. The van der Waals surface area contributed by atoms with Gasteiger partial charge < -0.3 is 9.84 Å². The van der Waals surface area contributed by atoms with Gasteiger partial charge in [-0.3, -0.25) is 14.5 Å². The minimum Gasteiger partial charge on any atom is -0.503 e. The Morgan fingerprint density at radius 3 is 2.61 bits per heavy atom. The summed E-state index contributed by atoms with van der Waals surface area (Å²) in [5.74, 6) is -0.0752. The second-order valence-electron chi connectivity index (χ2n) is 6.07. The van der Waals surface area contributed by atoms with E-state index in [1.165, 1.54) is 4.90 Å². The van der Waals surface area contributed by atoms with Crippen molar-refractivity contribution in [2.24, 2.45) is 0 Å². The number of rotatable bonds is 5. The van der Waals surface area contributed by atoms with Gasteiger partial charge in [0.1, 0.15) is 0 Å². The summed E-state index contributed by atoms with van der Waals surface area (Å²) in [4.78, 5) is 26.8. The maximum Gasteiger partial charge on any atom is 0.293 e. The van der Waals surface area contributed by atoms with E-state index in [1.807, 2.05) is 38.1 Å². The second kappa shape index (κ2) is 8.71. The highest BCUT2D eigenvalue weighted by Crippen LogP contribution is 2.44. The number of aryl methyl sites for hydroxylation is 1. The molecule has 1 N–H and O–H groups in total. The van der Waals surface area contributed by atoms with Crippen LogP contribution in [0.15, 0.2) is 44.2 Å². The van der Waals surface area contributed by atoms with Crippen LogP contribution in [0.3, 0.4) is 0 Å². The topological polar surface area (TPSA) is 66.8 Å². The molecule has 0 aromatic heterocycles. The third-order valence-electron chi connectivity index (χ3n) is 4.22. The Labute approximate surface area is 184 Å². The lowest BCUT2D eigenvalue weighted by molar-refractivity contribution is -0.123. The van der Waals surface area contributed by atoms with Crippen LogP contribution in [0.2, 0.25) is 0 Å². The first-order valence-corrected chi connectivity index (χ1v) is 10.9. The number of amides is 2. The van der Waals surface area contributed by atoms with Crippen LogP contribution in [0.4, 0.5) is 4.79 Å². The summed E-state index contributed by atoms with van der Waals surface area (Å²) in [5.41, 5.74) is 2.57. The summed E-state index contributed by atoms with van der Waals surface area (Å²) in [5, 5.41) is 9.86. The minimum atomic E-state index is -0.340. The molecule has 3 rings (SSSR count). The zero-order valence-corrected chi connectivity index (χ0v) is 19.2. The summed E-state index contributed by atoms with van der Waals surface area (Å²) >= 11 is 7.63. The molecule has 1 heterocycles. The van der Waals surface area contributed by atoms with Crippen molar-refractivity contribution in [1.29, 1.82) is 0 Å². The number of imide groups is 1. The van der Waals surface area contributed by atoms with Crippen molar-refractivity contribution in [3.63, 3.8) is 0 Å². The molecule has 1 saturated heterocycles. The van der Waals surface area contributed by atoms with Gasteiger partial charge in [0.05, 0.1) is 22.5 Å². The predicted octanol–water partition coefficient (Wildman–Crippen LogP) is 5.86. The molecule has 0 radical (unpaired) electrons. The van der Waals surface area contributed by atoms with E-state index in [0.29, 0.717) is 31.8 Å². The van der Waals surface area contributed by atoms with Crippen LogP contribution in [-0.2, 0) is 11.3 Å². The third kappa shape index (κ3) is 4.14. The van der Waals surface area contributed by atoms with E-state index < -0.39 is 0 Å². The molecular weight excluding hydrogens is 510 g/mol. The van der Waals surface area contributed by atoms with Gasteiger partial charge >= 0.3 is 0 Å². The van der Waals surface area contributed by atoms with Crippen molar-refractivity contribution in [3.05, 3.63) is 60.9 Å². The molecular formula is C20H17Br2NO4S. The maximum absolute atomic E-state index is 12.8. The molecule has 1 aliphatic heterocycles. The average molecular weight is 527 g/mol. The van der Waals surface area contributed by atoms with Gasteiger partial charge in [0.25, 0.3) is 11.1 Å². The molecule has 28 heavy (non-hydrogen) atoms. The predicted molar refractivity (Wildman–Crippen MR) is 117 cm³/mol. The zero-order chi connectivity index (χ0) is 20.4. The van der Waals surface area contributed by atoms with Gasteiger partial charge in [0.2, 0.25) is 0 Å². The van der Waals surface area contributed by atoms with Crippen molar-refractivity contribution in [1.82, 2.24) is 4.90 Å². The van der Waals surface area contributed by atoms with Crippen LogP contribution in [0.1, 0.15) is 23.6 Å². The van der Waals surface area contributed by atoms with Crippen LogP contribution in [0.5, 0.6) is 11.5 Å². The van der Waals surface area contributed by atoms with Crippen LogP contribution in [0, 0.1) is 6.92 Å². The Hall–Kier alpha value is -1.77. The van der Waals surface area contributed by atoms with Crippen molar-refractivity contribution >= 4 is 60.8 Å². The lowest BCUT2D eigenvalue weighted by Crippen LogP contribution is -2.27. The first kappa shape index (κ1) is 21.0. The zero-order valence-electron chi connectivity index (χ0n) is 15.2. The third-order valence-corrected chi connectivity index (χ3v) is 7.29. The molecule has 0 saturated carbocycles. The van der Waals surface area contributed by atoms with E-state index >= 15 is 0 Å². The molecule has 2 aromatic rings. The number of phenols is 1. The summed E-state index contributed by atoms with van der Waals surface area (Å²) in [7, 11) is 0. The van der Waals surface area contributed by atoms with E-state index in [0.717, 1.165) is 22.9 Å². The van der Waals surface area contributed by atoms with Crippen LogP contribution in [0.25, 0.3) is 6.08 Å². The highest BCUT2D eigenvalue weighted by molar-refractivity contribution is 9.13. The van der Waals surface area contributed by atoms with Gasteiger partial charge in [-0.05, 0) is 86.3 Å². The van der Waals surface area contributed by atoms with E-state index in [2.05, 4.69) is 31.9 Å². The molecule has 0 unspecified atom stereocenters. The number of nitrogens with zero attached hydrogens (tertiary/aromatic N) is 1. The second-order valence-corrected chi connectivity index (χ2v) is 8.65. The van der Waals surface area contributed by atoms with E-state index in [9.17, 15) is 14.7 Å². The van der Waals surface area contributed by atoms with Gasteiger partial charge in [-0.2, -0.15) is 0 Å². The fourth-order valence-electron chi connectivity index (χ4n) is 2.72. The molecule has 1 aliphatic rings. The fraction of sp³-hybridized carbons (Fsp3) is 0.200. The van der Waals surface area contributed by atoms with Crippen molar-refractivity contribution < 1.29 is 19.4 Å². The summed E-state index contributed by atoms with van der Waals surface area (Å²) in [6.45, 7) is 4.38. The largest absolute Gasteiger partial charge is 0.503 e. The molecule has 5 nitrogen and oxygen atoms in total. The molecule has 1 fully saturated rings. The Kier molecular flexibility index (Phi) is 6.52. The van der Waals surface area contributed by atoms with Gasteiger partial charge in [-0.1, -0.05) is 24.3 Å². The number of carbonyl (C=O) groups is 2. The first-order chi connectivity index (χ1) is 13.3. The number of benzene rings is 2. The van der Waals surface area contributed by atoms with Crippen LogP contribution >= 0.6 is 43.6 Å². The minimum absolute atomic E-state index is 0.0291. The van der Waals surface area contributed by atoms with E-state index in [-0.39, 0.29) is 23.4 Å². The lowest BCUT2D eigenvalue weighted by Gasteiger charge is -2.14. The summed E-state index contributed by atoms with van der Waals surface area (Å²) < 4.78 is 6.43. The number of hydrogen-bond donors (Lipinski definition) is 1. The number of aromatic hydroxyl groups is 1. The number of phenolic OH excluding ortho intramolecular Hbond substituents is 1. The van der Waals surface area contributed by atoms with Crippen molar-refractivity contribution in [3.8, 4) is 11.5 Å².